The van der Waals surface area contributed by atoms with Crippen LogP contribution >= 0.6 is 0 Å². The number of nitrogens with two attached hydrogens (primary N) is 1. The molecule has 0 unspecified atom stereocenters. The molecule has 0 spiro atoms. The topological polar surface area (TPSA) is 115 Å². The molecule has 8 nitrogen and oxygen atoms in total. The van der Waals surface area contributed by atoms with Gasteiger partial charge in [0, 0.05) is 12.7 Å². The van der Waals surface area contributed by atoms with E-state index in [4.69, 9.17) is 5.73 Å². The van der Waals surface area contributed by atoms with Gasteiger partial charge in [-0.2, -0.15) is 0 Å². The molecule has 1 aromatic heterocycles. The Balaban J connectivity index is 2.39. The fraction of sp³-hybridized carbons (Fsp3) is 0.600. The van der Waals surface area contributed by atoms with Crippen LogP contribution in [0, 0.1) is 0 Å². The molecule has 0 aromatic carbocycles. The zero-order chi connectivity index (χ0) is 13.4. The summed E-state index contributed by atoms with van der Waals surface area (Å²) in [6.45, 7) is 2.79. The molecule has 1 rings (SSSR count). The monoisotopic (exact) mass is 254 g/mol. The van der Waals surface area contributed by atoms with Crippen LogP contribution in [0.3, 0.4) is 0 Å². The zero-order valence-corrected chi connectivity index (χ0v) is 10.3. The third-order valence-corrected chi connectivity index (χ3v) is 2.12. The Morgan fingerprint density at radius 2 is 2.28 bits per heavy atom. The van der Waals surface area contributed by atoms with Crippen molar-refractivity contribution in [2.75, 3.05) is 13.1 Å². The quantitative estimate of drug-likeness (QED) is 0.603. The molecule has 3 amide bonds. The lowest BCUT2D eigenvalue weighted by Crippen LogP contribution is -2.40. The summed E-state index contributed by atoms with van der Waals surface area (Å²) >= 11 is 0. The number of nitrogens with one attached hydrogen (secondary N) is 2. The van der Waals surface area contributed by atoms with Gasteiger partial charge in [-0.3, -0.25) is 10.1 Å². The molecule has 8 heteroatoms. The van der Waals surface area contributed by atoms with Gasteiger partial charge in [0.1, 0.15) is 6.54 Å². The van der Waals surface area contributed by atoms with Gasteiger partial charge in [-0.25, -0.2) is 9.48 Å². The first-order valence-corrected chi connectivity index (χ1v) is 5.82. The highest BCUT2D eigenvalue weighted by molar-refractivity contribution is 5.94. The Bertz CT molecular complexity index is 403. The molecule has 4 N–H and O–H groups in total. The molecule has 0 saturated heterocycles. The average Bonchev–Trinajstić information content (AvgIpc) is 2.74. The molecule has 18 heavy (non-hydrogen) atoms. The van der Waals surface area contributed by atoms with Gasteiger partial charge in [-0.05, 0) is 26.3 Å². The number of aryl methyl sites for hydroxylation is 1. The molecule has 0 radical (unpaired) electrons. The molecule has 0 aliphatic rings. The first-order valence-electron chi connectivity index (χ1n) is 5.82. The molecule has 0 saturated carbocycles. The third kappa shape index (κ3) is 4.91. The predicted octanol–water partition coefficient (Wildman–Crippen LogP) is -0.985. The van der Waals surface area contributed by atoms with Gasteiger partial charge in [0.25, 0.3) is 0 Å². The predicted molar refractivity (Wildman–Crippen MR) is 64.6 cm³/mol. The molecule has 0 aliphatic heterocycles. The molecular weight excluding hydrogens is 236 g/mol. The largest absolute Gasteiger partial charge is 0.338 e. The summed E-state index contributed by atoms with van der Waals surface area (Å²) in [5.41, 5.74) is 6.17. The summed E-state index contributed by atoms with van der Waals surface area (Å²) in [6, 6.07) is -0.508. The first kappa shape index (κ1) is 14.1. The highest BCUT2D eigenvalue weighted by atomic mass is 16.2. The third-order valence-electron chi connectivity index (χ3n) is 2.12. The van der Waals surface area contributed by atoms with E-state index in [-0.39, 0.29) is 6.54 Å². The number of aromatic nitrogens is 3. The number of hydrogen-bond acceptors (Lipinski definition) is 5. The number of carbonyl (C=O) groups is 2. The Labute approximate surface area is 105 Å². The summed E-state index contributed by atoms with van der Waals surface area (Å²) in [5, 5.41) is 12.3. The smallest absolute Gasteiger partial charge is 0.321 e. The number of amides is 3. The van der Waals surface area contributed by atoms with E-state index in [1.807, 2.05) is 0 Å². The second kappa shape index (κ2) is 7.38. The Hall–Kier alpha value is -1.96. The van der Waals surface area contributed by atoms with Gasteiger partial charge < -0.3 is 11.1 Å². The van der Waals surface area contributed by atoms with Crippen LogP contribution in [0.15, 0.2) is 6.20 Å². The van der Waals surface area contributed by atoms with Crippen LogP contribution in [0.1, 0.15) is 19.0 Å². The fourth-order valence-electron chi connectivity index (χ4n) is 1.33. The first-order chi connectivity index (χ1) is 8.65. The van der Waals surface area contributed by atoms with Crippen LogP contribution in [0.5, 0.6) is 0 Å². The zero-order valence-electron chi connectivity index (χ0n) is 10.3. The van der Waals surface area contributed by atoms with Crippen molar-refractivity contribution in [3.05, 3.63) is 11.9 Å². The van der Waals surface area contributed by atoms with E-state index < -0.39 is 11.9 Å². The highest BCUT2D eigenvalue weighted by Gasteiger charge is 2.08. The van der Waals surface area contributed by atoms with Gasteiger partial charge in [-0.1, -0.05) is 5.21 Å². The number of carbonyl (C=O) groups excluding carboxylic acids is 2. The van der Waals surface area contributed by atoms with Crippen molar-refractivity contribution >= 4 is 11.9 Å². The van der Waals surface area contributed by atoms with Crippen molar-refractivity contribution in [3.63, 3.8) is 0 Å². The van der Waals surface area contributed by atoms with Crippen molar-refractivity contribution in [3.8, 4) is 0 Å². The molecule has 0 fully saturated rings. The van der Waals surface area contributed by atoms with Gasteiger partial charge in [0.15, 0.2) is 0 Å². The lowest BCUT2D eigenvalue weighted by atomic mass is 10.2. The van der Waals surface area contributed by atoms with Crippen LogP contribution in [0.25, 0.3) is 0 Å². The van der Waals surface area contributed by atoms with Crippen LogP contribution in [0.2, 0.25) is 0 Å². The second-order valence-electron chi connectivity index (χ2n) is 3.71. The lowest BCUT2D eigenvalue weighted by molar-refractivity contribution is -0.120. The second-order valence-corrected chi connectivity index (χ2v) is 3.71. The van der Waals surface area contributed by atoms with Gasteiger partial charge >= 0.3 is 6.03 Å². The molecule has 100 valence electrons. The molecule has 1 heterocycles. The number of imide groups is 1. The van der Waals surface area contributed by atoms with Gasteiger partial charge in [-0.15, -0.1) is 5.10 Å². The Kier molecular flexibility index (Phi) is 5.78. The van der Waals surface area contributed by atoms with E-state index in [0.717, 1.165) is 18.5 Å². The van der Waals surface area contributed by atoms with Crippen LogP contribution in [-0.2, 0) is 17.8 Å². The maximum atomic E-state index is 11.4. The van der Waals surface area contributed by atoms with Crippen molar-refractivity contribution in [1.29, 1.82) is 0 Å². The number of urea groups is 1. The summed E-state index contributed by atoms with van der Waals surface area (Å²) in [6.07, 6.45) is 3.23. The minimum atomic E-state index is -0.508. The number of nitrogens with zero attached hydrogens (tertiary/aromatic N) is 3. The normalized spacial score (nSPS) is 10.1. The molecule has 0 aliphatic carbocycles. The maximum Gasteiger partial charge on any atom is 0.321 e. The maximum absolute atomic E-state index is 11.4. The Morgan fingerprint density at radius 1 is 1.50 bits per heavy atom. The molecular formula is C10H18N6O2. The molecule has 1 aromatic rings. The summed E-state index contributed by atoms with van der Waals surface area (Å²) < 4.78 is 1.39. The van der Waals surface area contributed by atoms with Crippen LogP contribution in [0.4, 0.5) is 4.79 Å². The van der Waals surface area contributed by atoms with Gasteiger partial charge in [0.2, 0.25) is 5.91 Å². The standard InChI is InChI=1S/C10H18N6O2/c1-2-12-10(18)13-9(17)7-16-6-8(14-15-16)4-3-5-11/h6H,2-5,7,11H2,1H3,(H2,12,13,17,18). The van der Waals surface area contributed by atoms with E-state index in [1.165, 1.54) is 4.68 Å². The van der Waals surface area contributed by atoms with E-state index in [2.05, 4.69) is 20.9 Å². The van der Waals surface area contributed by atoms with Gasteiger partial charge in [0.05, 0.1) is 5.69 Å². The summed E-state index contributed by atoms with van der Waals surface area (Å²) in [5.74, 6) is -0.434. The fourth-order valence-corrected chi connectivity index (χ4v) is 1.33. The van der Waals surface area contributed by atoms with Crippen molar-refractivity contribution in [2.45, 2.75) is 26.3 Å². The lowest BCUT2D eigenvalue weighted by Gasteiger charge is -2.03. The molecule has 0 bridgehead atoms. The van der Waals surface area contributed by atoms with E-state index in [0.29, 0.717) is 13.1 Å². The Morgan fingerprint density at radius 3 is 2.94 bits per heavy atom. The van der Waals surface area contributed by atoms with E-state index in [9.17, 15) is 9.59 Å². The van der Waals surface area contributed by atoms with Crippen molar-refractivity contribution in [1.82, 2.24) is 25.6 Å². The minimum absolute atomic E-state index is 0.0350. The SMILES string of the molecule is CCNC(=O)NC(=O)Cn1cc(CCCN)nn1. The number of rotatable bonds is 6. The van der Waals surface area contributed by atoms with Crippen LogP contribution < -0.4 is 16.4 Å². The highest BCUT2D eigenvalue weighted by Crippen LogP contribution is 1.96. The van der Waals surface area contributed by atoms with Crippen LogP contribution in [-0.4, -0.2) is 40.0 Å². The summed E-state index contributed by atoms with van der Waals surface area (Å²) in [4.78, 5) is 22.5. The number of hydrogen-bond donors (Lipinski definition) is 3. The minimum Gasteiger partial charge on any atom is -0.338 e. The average molecular weight is 254 g/mol. The van der Waals surface area contributed by atoms with E-state index >= 15 is 0 Å². The van der Waals surface area contributed by atoms with Crippen molar-refractivity contribution < 1.29 is 9.59 Å². The van der Waals surface area contributed by atoms with Crippen molar-refractivity contribution in [2.24, 2.45) is 5.73 Å². The van der Waals surface area contributed by atoms with E-state index in [1.54, 1.807) is 13.1 Å². The summed E-state index contributed by atoms with van der Waals surface area (Å²) in [7, 11) is 0. The molecule has 0 atom stereocenters.